The lowest BCUT2D eigenvalue weighted by atomic mass is 10.1. The van der Waals surface area contributed by atoms with Crippen LogP contribution in [0.3, 0.4) is 0 Å². The maximum Gasteiger partial charge on any atom is 0.243 e. The predicted octanol–water partition coefficient (Wildman–Crippen LogP) is 1.23. The van der Waals surface area contributed by atoms with E-state index in [1.54, 1.807) is 4.90 Å². The van der Waals surface area contributed by atoms with Crippen LogP contribution in [-0.2, 0) is 16.1 Å². The van der Waals surface area contributed by atoms with E-state index in [2.05, 4.69) is 11.9 Å². The van der Waals surface area contributed by atoms with Crippen LogP contribution < -0.4 is 10.2 Å². The van der Waals surface area contributed by atoms with E-state index in [1.165, 1.54) is 6.08 Å². The number of carbonyl (C=O) groups is 2. The number of rotatable bonds is 4. The highest BCUT2D eigenvalue weighted by Crippen LogP contribution is 2.22. The number of benzene rings is 1. The van der Waals surface area contributed by atoms with Crippen LogP contribution in [-0.4, -0.2) is 18.4 Å². The smallest absolute Gasteiger partial charge is 0.243 e. The highest BCUT2D eigenvalue weighted by Gasteiger charge is 2.24. The molecule has 0 aliphatic carbocycles. The molecule has 1 saturated heterocycles. The molecule has 4 nitrogen and oxygen atoms in total. The molecule has 0 radical (unpaired) electrons. The van der Waals surface area contributed by atoms with Gasteiger partial charge in [-0.15, -0.1) is 0 Å². The van der Waals surface area contributed by atoms with Crippen LogP contribution in [0.4, 0.5) is 5.69 Å². The van der Waals surface area contributed by atoms with Crippen LogP contribution in [0, 0.1) is 0 Å². The van der Waals surface area contributed by atoms with Crippen LogP contribution in [0.2, 0.25) is 0 Å². The van der Waals surface area contributed by atoms with Gasteiger partial charge in [0.15, 0.2) is 0 Å². The molecule has 17 heavy (non-hydrogen) atoms. The van der Waals surface area contributed by atoms with E-state index >= 15 is 0 Å². The van der Waals surface area contributed by atoms with E-state index in [-0.39, 0.29) is 11.8 Å². The highest BCUT2D eigenvalue weighted by atomic mass is 16.2. The first-order chi connectivity index (χ1) is 8.20. The molecule has 88 valence electrons. The fourth-order valence-electron chi connectivity index (χ4n) is 1.68. The molecule has 4 heteroatoms. The Labute approximate surface area is 99.9 Å². The van der Waals surface area contributed by atoms with Crippen LogP contribution >= 0.6 is 0 Å². The lowest BCUT2D eigenvalue weighted by Gasteiger charge is -2.30. The quantitative estimate of drug-likeness (QED) is 0.624. The van der Waals surface area contributed by atoms with Gasteiger partial charge in [0.25, 0.3) is 0 Å². The molecule has 1 aromatic rings. The summed E-state index contributed by atoms with van der Waals surface area (Å²) in [4.78, 5) is 24.1. The number of hydrogen-bond acceptors (Lipinski definition) is 2. The van der Waals surface area contributed by atoms with Crippen molar-refractivity contribution in [3.63, 3.8) is 0 Å². The molecule has 1 aromatic carbocycles. The average molecular weight is 230 g/mol. The molecule has 1 aliphatic rings. The Morgan fingerprint density at radius 1 is 1.53 bits per heavy atom. The zero-order chi connectivity index (χ0) is 12.3. The van der Waals surface area contributed by atoms with Crippen molar-refractivity contribution in [2.24, 2.45) is 0 Å². The van der Waals surface area contributed by atoms with E-state index in [0.717, 1.165) is 17.8 Å². The fraction of sp³-hybridized carbons (Fsp3) is 0.231. The summed E-state index contributed by atoms with van der Waals surface area (Å²) in [5, 5.41) is 2.70. The second-order valence-corrected chi connectivity index (χ2v) is 3.89. The summed E-state index contributed by atoms with van der Waals surface area (Å²) in [6, 6.07) is 7.61. The predicted molar refractivity (Wildman–Crippen MR) is 65.5 cm³/mol. The van der Waals surface area contributed by atoms with Gasteiger partial charge in [0.05, 0.1) is 0 Å². The average Bonchev–Trinajstić information content (AvgIpc) is 2.34. The number of amides is 2. The van der Waals surface area contributed by atoms with E-state index < -0.39 is 0 Å². The summed E-state index contributed by atoms with van der Waals surface area (Å²) >= 11 is 0. The zero-order valence-corrected chi connectivity index (χ0v) is 9.48. The molecule has 0 aromatic heterocycles. The van der Waals surface area contributed by atoms with Crippen LogP contribution in [0.15, 0.2) is 36.9 Å². The fourth-order valence-corrected chi connectivity index (χ4v) is 1.68. The van der Waals surface area contributed by atoms with Gasteiger partial charge in [-0.1, -0.05) is 18.7 Å². The van der Waals surface area contributed by atoms with Gasteiger partial charge in [-0.05, 0) is 23.8 Å². The van der Waals surface area contributed by atoms with Crippen molar-refractivity contribution in [3.8, 4) is 0 Å². The van der Waals surface area contributed by atoms with Crippen LogP contribution in [0.1, 0.15) is 12.0 Å². The largest absolute Gasteiger partial charge is 0.348 e. The highest BCUT2D eigenvalue weighted by molar-refractivity contribution is 5.99. The van der Waals surface area contributed by atoms with E-state index in [1.807, 2.05) is 24.3 Å². The zero-order valence-electron chi connectivity index (χ0n) is 9.48. The molecule has 0 spiro atoms. The number of anilines is 1. The number of nitrogens with zero attached hydrogens (tertiary/aromatic N) is 1. The number of nitrogens with one attached hydrogen (secondary N) is 1. The Balaban J connectivity index is 2.03. The Morgan fingerprint density at radius 2 is 2.35 bits per heavy atom. The van der Waals surface area contributed by atoms with E-state index in [4.69, 9.17) is 0 Å². The summed E-state index contributed by atoms with van der Waals surface area (Å²) < 4.78 is 0. The maximum absolute atomic E-state index is 11.3. The van der Waals surface area contributed by atoms with Crippen molar-refractivity contribution in [1.82, 2.24) is 5.32 Å². The van der Waals surface area contributed by atoms with Crippen molar-refractivity contribution in [1.29, 1.82) is 0 Å². The Morgan fingerprint density at radius 3 is 2.94 bits per heavy atom. The van der Waals surface area contributed by atoms with Crippen LogP contribution in [0.25, 0.3) is 0 Å². The van der Waals surface area contributed by atoms with Gasteiger partial charge in [0, 0.05) is 25.2 Å². The number of β-lactam (4-membered cyclic amide) rings is 1. The number of hydrogen-bond donors (Lipinski definition) is 1. The summed E-state index contributed by atoms with van der Waals surface area (Å²) in [6.45, 7) is 4.61. The van der Waals surface area contributed by atoms with Crippen molar-refractivity contribution in [2.75, 3.05) is 11.4 Å². The topological polar surface area (TPSA) is 49.4 Å². The molecule has 2 amide bonds. The molecule has 1 fully saturated rings. The first kappa shape index (κ1) is 11.4. The van der Waals surface area contributed by atoms with Gasteiger partial charge in [-0.2, -0.15) is 0 Å². The minimum Gasteiger partial charge on any atom is -0.348 e. The third-order valence-electron chi connectivity index (χ3n) is 2.72. The van der Waals surface area contributed by atoms with E-state index in [0.29, 0.717) is 13.0 Å². The molecular weight excluding hydrogens is 216 g/mol. The number of carbonyl (C=O) groups excluding carboxylic acids is 2. The maximum atomic E-state index is 11.3. The van der Waals surface area contributed by atoms with Gasteiger partial charge in [0.1, 0.15) is 0 Å². The first-order valence-electron chi connectivity index (χ1n) is 5.50. The monoisotopic (exact) mass is 230 g/mol. The molecule has 1 N–H and O–H groups in total. The third-order valence-corrected chi connectivity index (χ3v) is 2.72. The summed E-state index contributed by atoms with van der Waals surface area (Å²) in [6.07, 6.45) is 1.86. The molecular formula is C13H14N2O2. The Bertz CT molecular complexity index is 468. The molecule has 1 heterocycles. The van der Waals surface area contributed by atoms with Gasteiger partial charge in [-0.3, -0.25) is 9.59 Å². The molecule has 0 saturated carbocycles. The van der Waals surface area contributed by atoms with Crippen molar-refractivity contribution in [2.45, 2.75) is 13.0 Å². The Kier molecular flexibility index (Phi) is 3.23. The molecule has 0 unspecified atom stereocenters. The third kappa shape index (κ3) is 2.53. The molecule has 0 atom stereocenters. The Hall–Kier alpha value is -2.10. The minimum absolute atomic E-state index is 0.150. The van der Waals surface area contributed by atoms with Gasteiger partial charge in [0.2, 0.25) is 11.8 Å². The normalized spacial score (nSPS) is 14.1. The SMILES string of the molecule is C=CC(=O)NCc1cccc(N2CCC2=O)c1. The van der Waals surface area contributed by atoms with Gasteiger partial charge < -0.3 is 10.2 Å². The van der Waals surface area contributed by atoms with E-state index in [9.17, 15) is 9.59 Å². The second kappa shape index (κ2) is 4.82. The summed E-state index contributed by atoms with van der Waals surface area (Å²) in [7, 11) is 0. The van der Waals surface area contributed by atoms with Gasteiger partial charge >= 0.3 is 0 Å². The summed E-state index contributed by atoms with van der Waals surface area (Å²) in [5.74, 6) is -0.0484. The molecule has 1 aliphatic heterocycles. The van der Waals surface area contributed by atoms with Crippen molar-refractivity contribution < 1.29 is 9.59 Å². The van der Waals surface area contributed by atoms with Crippen LogP contribution in [0.5, 0.6) is 0 Å². The first-order valence-corrected chi connectivity index (χ1v) is 5.50. The second-order valence-electron chi connectivity index (χ2n) is 3.89. The lowest BCUT2D eigenvalue weighted by Crippen LogP contribution is -2.43. The lowest BCUT2D eigenvalue weighted by molar-refractivity contribution is -0.122. The molecule has 2 rings (SSSR count). The summed E-state index contributed by atoms with van der Waals surface area (Å²) in [5.41, 5.74) is 1.86. The van der Waals surface area contributed by atoms with Gasteiger partial charge in [-0.25, -0.2) is 0 Å². The van der Waals surface area contributed by atoms with Crippen molar-refractivity contribution >= 4 is 17.5 Å². The van der Waals surface area contributed by atoms with Crippen molar-refractivity contribution in [3.05, 3.63) is 42.5 Å². The minimum atomic E-state index is -0.199. The molecule has 0 bridgehead atoms. The standard InChI is InChI=1S/C13H14N2O2/c1-2-12(16)14-9-10-4-3-5-11(8-10)15-7-6-13(15)17/h2-5,8H,1,6-7,9H2,(H,14,16).